The lowest BCUT2D eigenvalue weighted by molar-refractivity contribution is 0.0772. The molecule has 2 heterocycles. The fourth-order valence-corrected chi connectivity index (χ4v) is 3.19. The van der Waals surface area contributed by atoms with Crippen molar-refractivity contribution in [1.82, 2.24) is 9.88 Å². The Bertz CT molecular complexity index is 695. The summed E-state index contributed by atoms with van der Waals surface area (Å²) >= 11 is 0. The second-order valence-electron chi connectivity index (χ2n) is 5.79. The van der Waals surface area contributed by atoms with Crippen LogP contribution in [0.15, 0.2) is 42.7 Å². The fourth-order valence-electron chi connectivity index (χ4n) is 3.19. The van der Waals surface area contributed by atoms with Gasteiger partial charge in [0.05, 0.1) is 17.4 Å². The number of hydrogen-bond donors (Lipinski definition) is 0. The number of fused-ring (bicyclic) bond motifs is 1. The van der Waals surface area contributed by atoms with E-state index in [1.54, 1.807) is 6.20 Å². The van der Waals surface area contributed by atoms with Gasteiger partial charge in [-0.1, -0.05) is 18.2 Å². The van der Waals surface area contributed by atoms with Gasteiger partial charge in [0.2, 0.25) is 0 Å². The minimum atomic E-state index is 0.0506. The molecule has 3 rings (SSSR count). The average Bonchev–Trinajstić information content (AvgIpc) is 2.62. The predicted octanol–water partition coefficient (Wildman–Crippen LogP) is 3.65. The van der Waals surface area contributed by atoms with Crippen LogP contribution in [0.5, 0.6) is 0 Å². The molecule has 0 saturated heterocycles. The second kappa shape index (κ2) is 6.82. The smallest absolute Gasteiger partial charge is 0.255 e. The van der Waals surface area contributed by atoms with Crippen LogP contribution < -0.4 is 4.90 Å². The van der Waals surface area contributed by atoms with E-state index in [4.69, 9.17) is 0 Å². The number of rotatable bonds is 4. The Morgan fingerprint density at radius 1 is 1.22 bits per heavy atom. The molecule has 0 bridgehead atoms. The Morgan fingerprint density at radius 3 is 2.78 bits per heavy atom. The van der Waals surface area contributed by atoms with Crippen molar-refractivity contribution >= 4 is 17.3 Å². The van der Waals surface area contributed by atoms with E-state index < -0.39 is 0 Å². The molecule has 0 radical (unpaired) electrons. The molecule has 4 nitrogen and oxygen atoms in total. The van der Waals surface area contributed by atoms with Gasteiger partial charge in [-0.15, -0.1) is 0 Å². The molecule has 23 heavy (non-hydrogen) atoms. The van der Waals surface area contributed by atoms with Crippen LogP contribution in [0.1, 0.15) is 36.2 Å². The largest absolute Gasteiger partial charge is 0.340 e. The number of aryl methyl sites for hydroxylation is 1. The summed E-state index contributed by atoms with van der Waals surface area (Å²) in [6, 6.07) is 10.4. The van der Waals surface area contributed by atoms with E-state index in [0.29, 0.717) is 18.7 Å². The lowest BCUT2D eigenvalue weighted by atomic mass is 10.0. The van der Waals surface area contributed by atoms with Crippen LogP contribution in [-0.2, 0) is 6.42 Å². The molecule has 2 aromatic rings. The summed E-state index contributed by atoms with van der Waals surface area (Å²) in [5.41, 5.74) is 4.25. The summed E-state index contributed by atoms with van der Waals surface area (Å²) < 4.78 is 0. The van der Waals surface area contributed by atoms with E-state index in [0.717, 1.165) is 25.1 Å². The third-order valence-electron chi connectivity index (χ3n) is 4.44. The van der Waals surface area contributed by atoms with E-state index in [2.05, 4.69) is 34.1 Å². The Labute approximate surface area is 137 Å². The number of amides is 1. The van der Waals surface area contributed by atoms with Crippen molar-refractivity contribution in [2.75, 3.05) is 24.5 Å². The molecule has 0 fully saturated rings. The maximum atomic E-state index is 12.6. The summed E-state index contributed by atoms with van der Waals surface area (Å²) in [6.07, 6.45) is 5.74. The molecule has 4 heteroatoms. The zero-order chi connectivity index (χ0) is 16.2. The molecule has 0 unspecified atom stereocenters. The van der Waals surface area contributed by atoms with Gasteiger partial charge in [0.15, 0.2) is 0 Å². The van der Waals surface area contributed by atoms with Crippen molar-refractivity contribution in [3.8, 4) is 0 Å². The molecule has 1 aromatic heterocycles. The number of benzene rings is 1. The van der Waals surface area contributed by atoms with Crippen LogP contribution in [0.25, 0.3) is 0 Å². The molecule has 1 aliphatic rings. The highest BCUT2D eigenvalue weighted by atomic mass is 16.2. The standard InChI is InChI=1S/C19H23N3O/c1-3-21(4-2)19(23)16-12-17(14-20-13-16)22-11-7-9-15-8-5-6-10-18(15)22/h5-6,8,10,12-14H,3-4,7,9,11H2,1-2H3. The molecular formula is C19H23N3O. The molecule has 0 atom stereocenters. The highest BCUT2D eigenvalue weighted by Crippen LogP contribution is 2.33. The van der Waals surface area contributed by atoms with Crippen LogP contribution in [0, 0.1) is 0 Å². The van der Waals surface area contributed by atoms with Gasteiger partial charge >= 0.3 is 0 Å². The summed E-state index contributed by atoms with van der Waals surface area (Å²) in [5, 5.41) is 0. The topological polar surface area (TPSA) is 36.4 Å². The van der Waals surface area contributed by atoms with Crippen molar-refractivity contribution in [1.29, 1.82) is 0 Å². The van der Waals surface area contributed by atoms with Crippen LogP contribution in [0.3, 0.4) is 0 Å². The maximum absolute atomic E-state index is 12.6. The molecule has 1 amide bonds. The molecular weight excluding hydrogens is 286 g/mol. The van der Waals surface area contributed by atoms with Gasteiger partial charge in [0, 0.05) is 31.5 Å². The summed E-state index contributed by atoms with van der Waals surface area (Å²) in [6.45, 7) is 6.39. The van der Waals surface area contributed by atoms with E-state index in [9.17, 15) is 4.79 Å². The Balaban J connectivity index is 1.94. The lowest BCUT2D eigenvalue weighted by Gasteiger charge is -2.31. The SMILES string of the molecule is CCN(CC)C(=O)c1cncc(N2CCCc3ccccc32)c1. The van der Waals surface area contributed by atoms with Crippen LogP contribution >= 0.6 is 0 Å². The number of hydrogen-bond acceptors (Lipinski definition) is 3. The first-order chi connectivity index (χ1) is 11.2. The van der Waals surface area contributed by atoms with Crippen LogP contribution in [0.4, 0.5) is 11.4 Å². The zero-order valence-corrected chi connectivity index (χ0v) is 13.8. The highest BCUT2D eigenvalue weighted by Gasteiger charge is 2.20. The van der Waals surface area contributed by atoms with E-state index in [1.165, 1.54) is 11.3 Å². The van der Waals surface area contributed by atoms with Gasteiger partial charge in [0.25, 0.3) is 5.91 Å². The quantitative estimate of drug-likeness (QED) is 0.865. The number of nitrogens with zero attached hydrogens (tertiary/aromatic N) is 3. The van der Waals surface area contributed by atoms with Crippen LogP contribution in [0.2, 0.25) is 0 Å². The van der Waals surface area contributed by atoms with Gasteiger partial charge in [-0.25, -0.2) is 0 Å². The first-order valence-electron chi connectivity index (χ1n) is 8.34. The van der Waals surface area contributed by atoms with Gasteiger partial charge < -0.3 is 9.80 Å². The third-order valence-corrected chi connectivity index (χ3v) is 4.44. The third kappa shape index (κ3) is 3.07. The van der Waals surface area contributed by atoms with E-state index in [1.807, 2.05) is 31.0 Å². The maximum Gasteiger partial charge on any atom is 0.255 e. The number of anilines is 2. The Morgan fingerprint density at radius 2 is 2.00 bits per heavy atom. The summed E-state index contributed by atoms with van der Waals surface area (Å²) in [4.78, 5) is 21.0. The van der Waals surface area contributed by atoms with Crippen molar-refractivity contribution in [2.45, 2.75) is 26.7 Å². The van der Waals surface area contributed by atoms with Crippen molar-refractivity contribution < 1.29 is 4.79 Å². The lowest BCUT2D eigenvalue weighted by Crippen LogP contribution is -2.31. The molecule has 0 N–H and O–H groups in total. The minimum Gasteiger partial charge on any atom is -0.340 e. The van der Waals surface area contributed by atoms with Crippen molar-refractivity contribution in [2.24, 2.45) is 0 Å². The Kier molecular flexibility index (Phi) is 4.60. The average molecular weight is 309 g/mol. The zero-order valence-electron chi connectivity index (χ0n) is 13.8. The first-order valence-corrected chi connectivity index (χ1v) is 8.34. The summed E-state index contributed by atoms with van der Waals surface area (Å²) in [7, 11) is 0. The van der Waals surface area contributed by atoms with Crippen molar-refractivity contribution in [3.05, 3.63) is 53.9 Å². The Hall–Kier alpha value is -2.36. The monoisotopic (exact) mass is 309 g/mol. The number of pyridine rings is 1. The number of aromatic nitrogens is 1. The number of carbonyl (C=O) groups is 1. The number of para-hydroxylation sites is 1. The van der Waals surface area contributed by atoms with E-state index >= 15 is 0 Å². The highest BCUT2D eigenvalue weighted by molar-refractivity contribution is 5.95. The van der Waals surface area contributed by atoms with Gasteiger partial charge in [0.1, 0.15) is 0 Å². The normalized spacial score (nSPS) is 13.6. The molecule has 120 valence electrons. The molecule has 0 aliphatic carbocycles. The summed E-state index contributed by atoms with van der Waals surface area (Å²) in [5.74, 6) is 0.0506. The molecule has 1 aliphatic heterocycles. The van der Waals surface area contributed by atoms with Crippen molar-refractivity contribution in [3.63, 3.8) is 0 Å². The second-order valence-corrected chi connectivity index (χ2v) is 5.79. The molecule has 0 spiro atoms. The van der Waals surface area contributed by atoms with Gasteiger partial charge in [-0.3, -0.25) is 9.78 Å². The van der Waals surface area contributed by atoms with Gasteiger partial charge in [-0.05, 0) is 44.4 Å². The molecule has 0 saturated carbocycles. The van der Waals surface area contributed by atoms with Gasteiger partial charge in [-0.2, -0.15) is 0 Å². The molecule has 1 aromatic carbocycles. The number of carbonyl (C=O) groups excluding carboxylic acids is 1. The minimum absolute atomic E-state index is 0.0506. The fraction of sp³-hybridized carbons (Fsp3) is 0.368. The van der Waals surface area contributed by atoms with E-state index in [-0.39, 0.29) is 5.91 Å². The first kappa shape index (κ1) is 15.5. The predicted molar refractivity (Wildman–Crippen MR) is 93.3 cm³/mol. The van der Waals surface area contributed by atoms with Crippen LogP contribution in [-0.4, -0.2) is 35.4 Å².